The Hall–Kier alpha value is -0.630. The fourth-order valence-electron chi connectivity index (χ4n) is 7.85. The van der Waals surface area contributed by atoms with Crippen molar-refractivity contribution in [1.29, 1.82) is 0 Å². The molecule has 0 unspecified atom stereocenters. The van der Waals surface area contributed by atoms with Gasteiger partial charge in [-0.2, -0.15) is 0 Å². The highest BCUT2D eigenvalue weighted by molar-refractivity contribution is 5.91. The van der Waals surface area contributed by atoms with Crippen LogP contribution in [0.15, 0.2) is 11.6 Å². The van der Waals surface area contributed by atoms with Gasteiger partial charge in [-0.1, -0.05) is 19.4 Å². The van der Waals surface area contributed by atoms with Gasteiger partial charge in [0.05, 0.1) is 6.10 Å². The maximum absolute atomic E-state index is 11.8. The van der Waals surface area contributed by atoms with Gasteiger partial charge in [0, 0.05) is 6.42 Å². The number of rotatable bonds is 0. The molecule has 5 aliphatic carbocycles. The molecule has 0 bridgehead atoms. The third kappa shape index (κ3) is 1.40. The first-order valence-electron chi connectivity index (χ1n) is 9.39. The van der Waals surface area contributed by atoms with Gasteiger partial charge >= 0.3 is 0 Å². The van der Waals surface area contributed by atoms with Crippen LogP contribution in [0.25, 0.3) is 0 Å². The number of aliphatic hydroxyl groups is 1. The third-order valence-corrected chi connectivity index (χ3v) is 8.72. The predicted octanol–water partition coefficient (Wildman–Crippen LogP) is 3.74. The first-order chi connectivity index (χ1) is 10.5. The van der Waals surface area contributed by atoms with E-state index in [0.717, 1.165) is 43.4 Å². The van der Waals surface area contributed by atoms with Crippen molar-refractivity contribution < 1.29 is 9.90 Å². The zero-order valence-electron chi connectivity index (χ0n) is 13.8. The van der Waals surface area contributed by atoms with Gasteiger partial charge in [-0.15, -0.1) is 0 Å². The highest BCUT2D eigenvalue weighted by Gasteiger charge is 2.77. The zero-order chi connectivity index (χ0) is 15.3. The van der Waals surface area contributed by atoms with E-state index >= 15 is 0 Å². The quantitative estimate of drug-likeness (QED) is 0.740. The second-order valence-electron chi connectivity index (χ2n) is 9.35. The van der Waals surface area contributed by atoms with E-state index in [1.807, 2.05) is 6.08 Å². The molecule has 5 rings (SSSR count). The Kier molecular flexibility index (Phi) is 2.54. The van der Waals surface area contributed by atoms with Crippen molar-refractivity contribution in [2.75, 3.05) is 0 Å². The van der Waals surface area contributed by atoms with Crippen LogP contribution >= 0.6 is 0 Å². The molecule has 0 radical (unpaired) electrons. The van der Waals surface area contributed by atoms with Crippen molar-refractivity contribution >= 4 is 5.78 Å². The van der Waals surface area contributed by atoms with Gasteiger partial charge in [0.1, 0.15) is 0 Å². The van der Waals surface area contributed by atoms with Gasteiger partial charge < -0.3 is 5.11 Å². The van der Waals surface area contributed by atoms with E-state index in [0.29, 0.717) is 23.0 Å². The molecule has 0 saturated heterocycles. The van der Waals surface area contributed by atoms with E-state index in [1.165, 1.54) is 24.8 Å². The third-order valence-electron chi connectivity index (χ3n) is 8.72. The van der Waals surface area contributed by atoms with Crippen molar-refractivity contribution in [3.8, 4) is 0 Å². The van der Waals surface area contributed by atoms with E-state index < -0.39 is 0 Å². The fraction of sp³-hybridized carbons (Fsp3) is 0.850. The number of aliphatic hydroxyl groups excluding tert-OH is 1. The lowest BCUT2D eigenvalue weighted by atomic mass is 9.47. The molecule has 4 fully saturated rings. The van der Waals surface area contributed by atoms with E-state index in [9.17, 15) is 9.90 Å². The minimum Gasteiger partial charge on any atom is -0.393 e. The highest BCUT2D eigenvalue weighted by Crippen LogP contribution is 2.82. The van der Waals surface area contributed by atoms with E-state index in [4.69, 9.17) is 0 Å². The van der Waals surface area contributed by atoms with Gasteiger partial charge in [-0.3, -0.25) is 4.79 Å². The summed E-state index contributed by atoms with van der Waals surface area (Å²) in [4.78, 5) is 11.8. The van der Waals surface area contributed by atoms with Crippen molar-refractivity contribution in [1.82, 2.24) is 0 Å². The van der Waals surface area contributed by atoms with Crippen molar-refractivity contribution in [3.63, 3.8) is 0 Å². The van der Waals surface area contributed by atoms with Crippen LogP contribution in [0.1, 0.15) is 58.8 Å². The summed E-state index contributed by atoms with van der Waals surface area (Å²) in [6, 6.07) is 0. The minimum atomic E-state index is -0.0655. The Balaban J connectivity index is 1.57. The molecule has 8 atom stereocenters. The smallest absolute Gasteiger partial charge is 0.155 e. The van der Waals surface area contributed by atoms with Crippen LogP contribution in [0, 0.1) is 40.4 Å². The average Bonchev–Trinajstić information content (AvgIpc) is 3.11. The van der Waals surface area contributed by atoms with E-state index in [-0.39, 0.29) is 11.5 Å². The lowest BCUT2D eigenvalue weighted by Gasteiger charge is -2.57. The van der Waals surface area contributed by atoms with Crippen molar-refractivity contribution in [2.45, 2.75) is 64.9 Å². The molecule has 0 aromatic rings. The van der Waals surface area contributed by atoms with E-state index in [2.05, 4.69) is 13.8 Å². The normalized spacial score (nSPS) is 59.0. The van der Waals surface area contributed by atoms with Gasteiger partial charge in [0.2, 0.25) is 0 Å². The van der Waals surface area contributed by atoms with Crippen LogP contribution in [0.2, 0.25) is 0 Å². The van der Waals surface area contributed by atoms with Crippen LogP contribution in [0.5, 0.6) is 0 Å². The molecule has 0 heterocycles. The number of ketones is 1. The summed E-state index contributed by atoms with van der Waals surface area (Å²) in [5.41, 5.74) is 2.10. The summed E-state index contributed by atoms with van der Waals surface area (Å²) in [5.74, 6) is 4.09. The van der Waals surface area contributed by atoms with Gasteiger partial charge in [0.15, 0.2) is 5.78 Å². The van der Waals surface area contributed by atoms with Gasteiger partial charge in [-0.25, -0.2) is 0 Å². The largest absolute Gasteiger partial charge is 0.393 e. The summed E-state index contributed by atoms with van der Waals surface area (Å²) in [6.07, 6.45) is 9.83. The molecule has 2 nitrogen and oxygen atoms in total. The molecule has 0 aromatic heterocycles. The Morgan fingerprint density at radius 2 is 2.14 bits per heavy atom. The summed E-state index contributed by atoms with van der Waals surface area (Å²) >= 11 is 0. The number of carbonyl (C=O) groups is 1. The molecule has 22 heavy (non-hydrogen) atoms. The number of hydrogen-bond acceptors (Lipinski definition) is 2. The first kappa shape index (κ1) is 13.8. The summed E-state index contributed by atoms with van der Waals surface area (Å²) in [7, 11) is 0. The van der Waals surface area contributed by atoms with E-state index in [1.54, 1.807) is 0 Å². The van der Waals surface area contributed by atoms with Gasteiger partial charge in [0.25, 0.3) is 0 Å². The number of carbonyl (C=O) groups excluding carboxylic acids is 1. The molecule has 120 valence electrons. The van der Waals surface area contributed by atoms with Crippen LogP contribution in [-0.4, -0.2) is 17.0 Å². The second-order valence-corrected chi connectivity index (χ2v) is 9.35. The maximum Gasteiger partial charge on any atom is 0.155 e. The predicted molar refractivity (Wildman–Crippen MR) is 85.1 cm³/mol. The number of fused-ring (bicyclic) bond motifs is 3. The molecule has 0 amide bonds. The van der Waals surface area contributed by atoms with Crippen LogP contribution in [0.4, 0.5) is 0 Å². The summed E-state index contributed by atoms with van der Waals surface area (Å²) < 4.78 is 0. The summed E-state index contributed by atoms with van der Waals surface area (Å²) in [5, 5.41) is 10.7. The molecule has 0 aliphatic heterocycles. The van der Waals surface area contributed by atoms with Crippen LogP contribution < -0.4 is 0 Å². The molecular weight excluding hydrogens is 272 g/mol. The Labute approximate surface area is 133 Å². The fourth-order valence-corrected chi connectivity index (χ4v) is 7.85. The molecule has 4 saturated carbocycles. The van der Waals surface area contributed by atoms with Crippen LogP contribution in [-0.2, 0) is 4.79 Å². The second kappa shape index (κ2) is 4.06. The standard InChI is InChI=1S/C20H28O2/c1-11-7-12-8-14(21)3-4-15(12)16-5-6-19(2)17(22)9-13-10-20(13,19)18(11)16/h8,11,13,15-18,22H,3-7,9-10H2,1-2H3/t11-,13-,15+,16-,17-,18-,19-,20-/m1/s1. The molecule has 1 N–H and O–H groups in total. The molecule has 5 aliphatic rings. The average molecular weight is 300 g/mol. The maximum atomic E-state index is 11.8. The first-order valence-corrected chi connectivity index (χ1v) is 9.39. The number of allylic oxidation sites excluding steroid dienone is 1. The summed E-state index contributed by atoms with van der Waals surface area (Å²) in [6.45, 7) is 4.82. The molecule has 0 aromatic carbocycles. The zero-order valence-corrected chi connectivity index (χ0v) is 13.8. The molecule has 2 heteroatoms. The highest BCUT2D eigenvalue weighted by atomic mass is 16.3. The number of hydrogen-bond donors (Lipinski definition) is 1. The molecule has 1 spiro atoms. The SMILES string of the molecule is C[C@@H]1CC2=CC(=O)CC[C@@H]2[C@H]2CC[C@]3(C)[C@H](O)C[C@@H]4C[C@]43[C@@H]21. The minimum absolute atomic E-state index is 0.0655. The monoisotopic (exact) mass is 300 g/mol. The Morgan fingerprint density at radius 3 is 2.95 bits per heavy atom. The topological polar surface area (TPSA) is 37.3 Å². The lowest BCUT2D eigenvalue weighted by Crippen LogP contribution is -2.53. The van der Waals surface area contributed by atoms with Gasteiger partial charge in [-0.05, 0) is 85.0 Å². The van der Waals surface area contributed by atoms with Crippen molar-refractivity contribution in [2.24, 2.45) is 40.4 Å². The molecular formula is C20H28O2. The van der Waals surface area contributed by atoms with Crippen molar-refractivity contribution in [3.05, 3.63) is 11.6 Å². The Morgan fingerprint density at radius 1 is 1.32 bits per heavy atom. The lowest BCUT2D eigenvalue weighted by molar-refractivity contribution is -0.118. The van der Waals surface area contributed by atoms with Crippen LogP contribution in [0.3, 0.4) is 0 Å². The Bertz CT molecular complexity index is 578.